The Morgan fingerprint density at radius 1 is 1.11 bits per heavy atom. The molecule has 0 saturated carbocycles. The zero-order valence-corrected chi connectivity index (χ0v) is 20.5. The number of amides is 1. The van der Waals surface area contributed by atoms with E-state index >= 15 is 0 Å². The van der Waals surface area contributed by atoms with Crippen molar-refractivity contribution in [1.29, 1.82) is 0 Å². The van der Waals surface area contributed by atoms with E-state index in [9.17, 15) is 15.0 Å². The number of anilines is 1. The van der Waals surface area contributed by atoms with Crippen molar-refractivity contribution in [3.63, 3.8) is 0 Å². The van der Waals surface area contributed by atoms with Crippen LogP contribution in [0.4, 0.5) is 5.82 Å². The summed E-state index contributed by atoms with van der Waals surface area (Å²) in [5, 5.41) is 26.9. The molecule has 1 amide bonds. The minimum absolute atomic E-state index is 0.0152. The SMILES string of the molecule is [2H]CCNC(=O)[C@H]1OC(n2cnc3c(NCC(c4ccccc4)c4ccccc4)nc(Cl)nc32)[C@H](O)[C@@H]1O. The first-order valence-corrected chi connectivity index (χ1v) is 12.2. The highest BCUT2D eigenvalue weighted by Crippen LogP contribution is 2.33. The Labute approximate surface area is 219 Å². The molecule has 0 bridgehead atoms. The number of nitrogens with one attached hydrogen (secondary N) is 2. The first kappa shape index (κ1) is 23.8. The standard InChI is InChI=1S/C26H27ClN6O4/c1-2-28-24(36)21-19(34)20(35)25(37-21)33-14-30-18-22(31-26(27)32-23(18)33)29-13-17(15-9-5-3-6-10-15)16-11-7-4-8-12-16/h3-12,14,17,19-21,25,34-35H,2,13H2,1H3,(H,28,36)(H,29,31,32)/t19-,20+,21-,25?/m0/s1/i1D. The highest BCUT2D eigenvalue weighted by atomic mass is 35.5. The Bertz CT molecular complexity index is 1350. The Morgan fingerprint density at radius 3 is 2.43 bits per heavy atom. The number of aliphatic hydroxyl groups is 2. The lowest BCUT2D eigenvalue weighted by atomic mass is 9.91. The third-order valence-corrected chi connectivity index (χ3v) is 6.51. The van der Waals surface area contributed by atoms with Gasteiger partial charge in [0.25, 0.3) is 5.91 Å². The molecule has 192 valence electrons. The molecule has 5 rings (SSSR count). The number of hydrogen-bond acceptors (Lipinski definition) is 8. The van der Waals surface area contributed by atoms with Gasteiger partial charge in [-0.3, -0.25) is 9.36 Å². The highest BCUT2D eigenvalue weighted by Gasteiger charge is 2.47. The van der Waals surface area contributed by atoms with Gasteiger partial charge in [0.2, 0.25) is 5.28 Å². The van der Waals surface area contributed by atoms with Crippen molar-refractivity contribution in [3.05, 3.63) is 83.4 Å². The van der Waals surface area contributed by atoms with Gasteiger partial charge in [0.05, 0.1) is 6.33 Å². The van der Waals surface area contributed by atoms with Crippen LogP contribution in [0.5, 0.6) is 0 Å². The number of fused-ring (bicyclic) bond motifs is 1. The molecule has 1 aliphatic rings. The lowest BCUT2D eigenvalue weighted by Crippen LogP contribution is -2.42. The number of imidazole rings is 1. The molecule has 1 aliphatic heterocycles. The maximum absolute atomic E-state index is 12.4. The van der Waals surface area contributed by atoms with E-state index in [1.54, 1.807) is 0 Å². The van der Waals surface area contributed by atoms with Crippen LogP contribution >= 0.6 is 11.6 Å². The van der Waals surface area contributed by atoms with Gasteiger partial charge in [-0.1, -0.05) is 60.7 Å². The topological polar surface area (TPSA) is 134 Å². The fraction of sp³-hybridized carbons (Fsp3) is 0.308. The summed E-state index contributed by atoms with van der Waals surface area (Å²) in [6, 6.07) is 20.2. The van der Waals surface area contributed by atoms with Crippen molar-refractivity contribution < 1.29 is 21.1 Å². The van der Waals surface area contributed by atoms with E-state index in [1.807, 2.05) is 36.4 Å². The molecule has 3 heterocycles. The molecule has 1 unspecified atom stereocenters. The summed E-state index contributed by atoms with van der Waals surface area (Å²) in [6.45, 7) is 0.571. The number of ether oxygens (including phenoxy) is 1. The number of likely N-dealkylation sites (N-methyl/N-ethyl adjacent to an activating group) is 1. The molecule has 37 heavy (non-hydrogen) atoms. The number of nitrogens with zero attached hydrogens (tertiary/aromatic N) is 4. The van der Waals surface area contributed by atoms with Gasteiger partial charge in [-0.2, -0.15) is 9.97 Å². The van der Waals surface area contributed by atoms with Crippen LogP contribution in [-0.4, -0.2) is 67.0 Å². The second kappa shape index (κ2) is 10.8. The van der Waals surface area contributed by atoms with Gasteiger partial charge in [0.1, 0.15) is 12.2 Å². The molecule has 0 radical (unpaired) electrons. The molecule has 11 heteroatoms. The molecule has 10 nitrogen and oxygen atoms in total. The van der Waals surface area contributed by atoms with Gasteiger partial charge in [0.15, 0.2) is 29.3 Å². The molecule has 4 N–H and O–H groups in total. The molecule has 4 atom stereocenters. The maximum atomic E-state index is 12.4. The van der Waals surface area contributed by atoms with Crippen molar-refractivity contribution >= 4 is 34.5 Å². The van der Waals surface area contributed by atoms with Crippen LogP contribution < -0.4 is 10.6 Å². The van der Waals surface area contributed by atoms with Crippen LogP contribution in [0.25, 0.3) is 11.2 Å². The second-order valence-electron chi connectivity index (χ2n) is 8.64. The van der Waals surface area contributed by atoms with Gasteiger partial charge in [-0.15, -0.1) is 0 Å². The minimum atomic E-state index is -1.48. The molecule has 2 aromatic heterocycles. The van der Waals surface area contributed by atoms with Gasteiger partial charge in [0, 0.05) is 20.4 Å². The number of hydrogen-bond donors (Lipinski definition) is 4. The Morgan fingerprint density at radius 2 is 1.78 bits per heavy atom. The smallest absolute Gasteiger partial charge is 0.252 e. The zero-order chi connectivity index (χ0) is 26.6. The normalized spacial score (nSPS) is 21.8. The lowest BCUT2D eigenvalue weighted by molar-refractivity contribution is -0.137. The van der Waals surface area contributed by atoms with Crippen molar-refractivity contribution in [2.75, 3.05) is 18.4 Å². The third kappa shape index (κ3) is 5.01. The van der Waals surface area contributed by atoms with E-state index in [2.05, 4.69) is 49.9 Å². The zero-order valence-electron chi connectivity index (χ0n) is 20.7. The number of halogens is 1. The molecule has 1 saturated heterocycles. The van der Waals surface area contributed by atoms with Gasteiger partial charge >= 0.3 is 0 Å². The Balaban J connectivity index is 1.42. The van der Waals surface area contributed by atoms with Gasteiger partial charge in [-0.05, 0) is 29.6 Å². The summed E-state index contributed by atoms with van der Waals surface area (Å²) in [7, 11) is 0. The first-order valence-electron chi connectivity index (χ1n) is 12.5. The van der Waals surface area contributed by atoms with Crippen molar-refractivity contribution in [2.45, 2.75) is 37.4 Å². The molecule has 4 aromatic rings. The summed E-state index contributed by atoms with van der Waals surface area (Å²) in [6.07, 6.45) is -3.95. The summed E-state index contributed by atoms with van der Waals surface area (Å²) >= 11 is 6.27. The number of carbonyl (C=O) groups excluding carboxylic acids is 1. The number of benzene rings is 2. The Hall–Kier alpha value is -3.57. The van der Waals surface area contributed by atoms with E-state index in [1.165, 1.54) is 10.9 Å². The fourth-order valence-electron chi connectivity index (χ4n) is 4.53. The van der Waals surface area contributed by atoms with Crippen molar-refractivity contribution in [3.8, 4) is 0 Å². The van der Waals surface area contributed by atoms with Crippen LogP contribution in [0, 0.1) is 0 Å². The van der Waals surface area contributed by atoms with E-state index in [-0.39, 0.29) is 30.3 Å². The van der Waals surface area contributed by atoms with Crippen LogP contribution in [0.1, 0.15) is 31.5 Å². The summed E-state index contributed by atoms with van der Waals surface area (Å²) in [5.41, 5.74) is 2.91. The van der Waals surface area contributed by atoms with Crippen LogP contribution in [-0.2, 0) is 9.53 Å². The van der Waals surface area contributed by atoms with Crippen LogP contribution in [0.3, 0.4) is 0 Å². The monoisotopic (exact) mass is 523 g/mol. The minimum Gasteiger partial charge on any atom is -0.387 e. The second-order valence-corrected chi connectivity index (χ2v) is 8.98. The van der Waals surface area contributed by atoms with E-state index in [4.69, 9.17) is 17.7 Å². The molecular formula is C26H27ClN6O4. The van der Waals surface area contributed by atoms with Crippen LogP contribution in [0.2, 0.25) is 5.28 Å². The summed E-state index contributed by atoms with van der Waals surface area (Å²) < 4.78 is 14.3. The van der Waals surface area contributed by atoms with Crippen molar-refractivity contribution in [2.24, 2.45) is 0 Å². The number of aliphatic hydroxyl groups excluding tert-OH is 2. The summed E-state index contributed by atoms with van der Waals surface area (Å²) in [5.74, 6) is -0.201. The van der Waals surface area contributed by atoms with Crippen LogP contribution in [0.15, 0.2) is 67.0 Å². The number of carbonyl (C=O) groups is 1. The third-order valence-electron chi connectivity index (χ3n) is 6.34. The molecular weight excluding hydrogens is 496 g/mol. The quantitative estimate of drug-likeness (QED) is 0.259. The average molecular weight is 524 g/mol. The van der Waals surface area contributed by atoms with Gasteiger partial charge in [-0.25, -0.2) is 4.98 Å². The number of aromatic nitrogens is 4. The highest BCUT2D eigenvalue weighted by molar-refractivity contribution is 6.28. The predicted octanol–water partition coefficient (Wildman–Crippen LogP) is 2.48. The maximum Gasteiger partial charge on any atom is 0.252 e. The van der Waals surface area contributed by atoms with E-state index < -0.39 is 30.4 Å². The number of rotatable bonds is 8. The average Bonchev–Trinajstić information content (AvgIpc) is 3.49. The molecule has 1 fully saturated rings. The fourth-order valence-corrected chi connectivity index (χ4v) is 4.69. The Kier molecular flexibility index (Phi) is 6.96. The van der Waals surface area contributed by atoms with Crippen molar-refractivity contribution in [1.82, 2.24) is 24.8 Å². The van der Waals surface area contributed by atoms with E-state index in [0.29, 0.717) is 17.9 Å². The lowest BCUT2D eigenvalue weighted by Gasteiger charge is -2.19. The van der Waals surface area contributed by atoms with Gasteiger partial charge < -0.3 is 25.6 Å². The summed E-state index contributed by atoms with van der Waals surface area (Å²) in [4.78, 5) is 25.4. The molecule has 2 aromatic carbocycles. The first-order chi connectivity index (χ1) is 18.5. The largest absolute Gasteiger partial charge is 0.387 e. The predicted molar refractivity (Wildman–Crippen MR) is 138 cm³/mol. The van der Waals surface area contributed by atoms with E-state index in [0.717, 1.165) is 11.1 Å². The molecule has 0 aliphatic carbocycles. The molecule has 0 spiro atoms.